The molecule has 1 aromatic rings. The van der Waals surface area contributed by atoms with E-state index in [1.807, 2.05) is 20.8 Å². The molecular weight excluding hydrogens is 284 g/mol. The third-order valence-electron chi connectivity index (χ3n) is 2.71. The Morgan fingerprint density at radius 3 is 2.82 bits per heavy atom. The number of nitrogens with one attached hydrogen (secondary N) is 1. The van der Waals surface area contributed by atoms with E-state index in [2.05, 4.69) is 26.2 Å². The van der Waals surface area contributed by atoms with Gasteiger partial charge in [-0.25, -0.2) is 0 Å². The Morgan fingerprint density at radius 1 is 1.59 bits per heavy atom. The van der Waals surface area contributed by atoms with Crippen LogP contribution in [0.5, 0.6) is 0 Å². The van der Waals surface area contributed by atoms with Crippen LogP contribution in [0.1, 0.15) is 32.4 Å². The second-order valence-electron chi connectivity index (χ2n) is 4.33. The summed E-state index contributed by atoms with van der Waals surface area (Å²) in [5.41, 5.74) is 7.45. The highest BCUT2D eigenvalue weighted by Gasteiger charge is 2.22. The number of nitrogens with zero attached hydrogens (tertiary/aromatic N) is 2. The maximum absolute atomic E-state index is 12.1. The fourth-order valence-electron chi connectivity index (χ4n) is 1.97. The van der Waals surface area contributed by atoms with Gasteiger partial charge in [0.05, 0.1) is 4.47 Å². The summed E-state index contributed by atoms with van der Waals surface area (Å²) in [7, 11) is 0. The number of rotatable bonds is 1. The highest BCUT2D eigenvalue weighted by atomic mass is 79.9. The van der Waals surface area contributed by atoms with Crippen LogP contribution in [0.3, 0.4) is 0 Å². The highest BCUT2D eigenvalue weighted by Crippen LogP contribution is 2.25. The van der Waals surface area contributed by atoms with Crippen LogP contribution in [0.25, 0.3) is 0 Å². The van der Waals surface area contributed by atoms with Crippen LogP contribution in [-0.2, 0) is 0 Å². The zero-order valence-electron chi connectivity index (χ0n) is 9.99. The number of hydrogen-bond acceptors (Lipinski definition) is 4. The van der Waals surface area contributed by atoms with Gasteiger partial charge in [0.25, 0.3) is 5.56 Å². The average molecular weight is 299 g/mol. The largest absolute Gasteiger partial charge is 0.337 e. The molecule has 0 saturated carbocycles. The molecule has 1 aliphatic heterocycles. The van der Waals surface area contributed by atoms with E-state index in [9.17, 15) is 4.79 Å². The topological polar surface area (TPSA) is 72.4 Å². The summed E-state index contributed by atoms with van der Waals surface area (Å²) in [6.07, 6.45) is -0.493. The minimum atomic E-state index is -0.493. The maximum Gasteiger partial charge on any atom is 0.266 e. The second-order valence-corrected chi connectivity index (χ2v) is 5.18. The number of pyridine rings is 1. The Kier molecular flexibility index (Phi) is 3.09. The lowest BCUT2D eigenvalue weighted by Crippen LogP contribution is -2.38. The molecule has 1 atom stereocenters. The first-order valence-electron chi connectivity index (χ1n) is 5.43. The normalized spacial score (nSPS) is 18.7. The zero-order chi connectivity index (χ0) is 12.7. The average Bonchev–Trinajstić information content (AvgIpc) is 2.20. The lowest BCUT2D eigenvalue weighted by molar-refractivity contribution is 0.574. The van der Waals surface area contributed by atoms with E-state index in [0.717, 1.165) is 17.1 Å². The Bertz CT molecular complexity index is 547. The van der Waals surface area contributed by atoms with Crippen molar-refractivity contribution < 1.29 is 0 Å². The van der Waals surface area contributed by atoms with Gasteiger partial charge in [-0.15, -0.1) is 0 Å². The molecule has 2 heterocycles. The summed E-state index contributed by atoms with van der Waals surface area (Å²) in [6.45, 7) is 5.81. The molecule has 1 unspecified atom stereocenters. The van der Waals surface area contributed by atoms with Gasteiger partial charge in [0.15, 0.2) is 6.29 Å². The number of aliphatic imine (C=N–C) groups is 1. The summed E-state index contributed by atoms with van der Waals surface area (Å²) in [6, 6.07) is 1.84. The molecule has 1 aliphatic rings. The molecule has 0 radical (unpaired) electrons. The zero-order valence-corrected chi connectivity index (χ0v) is 11.6. The summed E-state index contributed by atoms with van der Waals surface area (Å²) in [5, 5.41) is 3.04. The smallest absolute Gasteiger partial charge is 0.266 e. The third-order valence-corrected chi connectivity index (χ3v) is 3.28. The molecule has 0 aromatic carbocycles. The van der Waals surface area contributed by atoms with E-state index in [4.69, 9.17) is 5.73 Å². The molecule has 92 valence electrons. The minimum Gasteiger partial charge on any atom is -0.337 e. The summed E-state index contributed by atoms with van der Waals surface area (Å²) < 4.78 is 2.23. The Hall–Kier alpha value is -1.14. The van der Waals surface area contributed by atoms with Crippen LogP contribution in [0.15, 0.2) is 20.3 Å². The maximum atomic E-state index is 12.1. The lowest BCUT2D eigenvalue weighted by atomic mass is 10.1. The van der Waals surface area contributed by atoms with Crippen LogP contribution in [0.2, 0.25) is 0 Å². The standard InChI is InChI=1S/C11H15BrN4O/c1-5(2)16-9-7(4-8(12)10(16)17)6(3)14-11(13)15-9/h4-5,11,15H,13H2,1-3H3. The third kappa shape index (κ3) is 2.02. The SMILES string of the molecule is CC1=NC(N)Nc2c1cc(Br)c(=O)n2C(C)C. The molecule has 0 aliphatic carbocycles. The van der Waals surface area contributed by atoms with E-state index in [-0.39, 0.29) is 11.6 Å². The van der Waals surface area contributed by atoms with Crippen molar-refractivity contribution in [3.63, 3.8) is 0 Å². The van der Waals surface area contributed by atoms with E-state index < -0.39 is 6.29 Å². The predicted molar refractivity (Wildman–Crippen MR) is 72.6 cm³/mol. The molecule has 6 heteroatoms. The van der Waals surface area contributed by atoms with Gasteiger partial charge in [0, 0.05) is 17.3 Å². The van der Waals surface area contributed by atoms with E-state index in [0.29, 0.717) is 4.47 Å². The van der Waals surface area contributed by atoms with Gasteiger partial charge in [-0.2, -0.15) is 0 Å². The van der Waals surface area contributed by atoms with E-state index in [1.165, 1.54) is 0 Å². The predicted octanol–water partition coefficient (Wildman–Crippen LogP) is 1.67. The Morgan fingerprint density at radius 2 is 2.24 bits per heavy atom. The molecule has 0 amide bonds. The first-order valence-corrected chi connectivity index (χ1v) is 6.23. The monoisotopic (exact) mass is 298 g/mol. The first kappa shape index (κ1) is 12.3. The van der Waals surface area contributed by atoms with Gasteiger partial charge in [-0.3, -0.25) is 20.1 Å². The molecule has 5 nitrogen and oxygen atoms in total. The van der Waals surface area contributed by atoms with Gasteiger partial charge >= 0.3 is 0 Å². The van der Waals surface area contributed by atoms with E-state index in [1.54, 1.807) is 10.6 Å². The van der Waals surface area contributed by atoms with Gasteiger partial charge in [-0.05, 0) is 42.8 Å². The minimum absolute atomic E-state index is 0.0550. The first-order chi connectivity index (χ1) is 7.91. The van der Waals surface area contributed by atoms with Gasteiger partial charge in [0.1, 0.15) is 5.82 Å². The second kappa shape index (κ2) is 4.27. The van der Waals surface area contributed by atoms with Crippen LogP contribution in [-0.4, -0.2) is 16.6 Å². The van der Waals surface area contributed by atoms with Crippen molar-refractivity contribution in [2.45, 2.75) is 33.1 Å². The number of aromatic nitrogens is 1. The van der Waals surface area contributed by atoms with Crippen molar-refractivity contribution in [1.29, 1.82) is 0 Å². The van der Waals surface area contributed by atoms with Crippen LogP contribution < -0.4 is 16.6 Å². The summed E-state index contributed by atoms with van der Waals surface area (Å²) in [4.78, 5) is 16.3. The van der Waals surface area contributed by atoms with Crippen molar-refractivity contribution in [2.75, 3.05) is 5.32 Å². The number of fused-ring (bicyclic) bond motifs is 1. The van der Waals surface area contributed by atoms with Crippen LogP contribution in [0.4, 0.5) is 5.82 Å². The molecule has 0 bridgehead atoms. The summed E-state index contributed by atoms with van der Waals surface area (Å²) >= 11 is 3.29. The van der Waals surface area contributed by atoms with Gasteiger partial charge < -0.3 is 5.32 Å². The van der Waals surface area contributed by atoms with E-state index >= 15 is 0 Å². The Balaban J connectivity index is 2.78. The summed E-state index contributed by atoms with van der Waals surface area (Å²) in [5.74, 6) is 0.744. The molecule has 3 N–H and O–H groups in total. The van der Waals surface area contributed by atoms with Crippen molar-refractivity contribution in [2.24, 2.45) is 10.7 Å². The quantitative estimate of drug-likeness (QED) is 0.828. The fourth-order valence-corrected chi connectivity index (χ4v) is 2.39. The molecule has 1 aromatic heterocycles. The molecule has 0 saturated heterocycles. The fraction of sp³-hybridized carbons (Fsp3) is 0.455. The van der Waals surface area contributed by atoms with Gasteiger partial charge in [0.2, 0.25) is 0 Å². The highest BCUT2D eigenvalue weighted by molar-refractivity contribution is 9.10. The van der Waals surface area contributed by atoms with Crippen molar-refractivity contribution in [3.05, 3.63) is 26.5 Å². The van der Waals surface area contributed by atoms with Crippen molar-refractivity contribution in [1.82, 2.24) is 4.57 Å². The number of nitrogens with two attached hydrogens (primary N) is 1. The number of halogens is 1. The van der Waals surface area contributed by atoms with Gasteiger partial charge in [-0.1, -0.05) is 0 Å². The lowest BCUT2D eigenvalue weighted by Gasteiger charge is -2.26. The molecule has 0 fully saturated rings. The van der Waals surface area contributed by atoms with Crippen molar-refractivity contribution >= 4 is 27.5 Å². The Labute approximate surface area is 108 Å². The number of anilines is 1. The molecule has 17 heavy (non-hydrogen) atoms. The molecular formula is C11H15BrN4O. The number of hydrogen-bond donors (Lipinski definition) is 2. The van der Waals surface area contributed by atoms with Crippen LogP contribution in [0, 0.1) is 0 Å². The molecule has 0 spiro atoms. The van der Waals surface area contributed by atoms with Crippen LogP contribution >= 0.6 is 15.9 Å². The van der Waals surface area contributed by atoms with Crippen molar-refractivity contribution in [3.8, 4) is 0 Å². The molecule has 2 rings (SSSR count).